The van der Waals surface area contributed by atoms with Gasteiger partial charge in [-0.15, -0.1) is 0 Å². The summed E-state index contributed by atoms with van der Waals surface area (Å²) < 4.78 is 10.4. The van der Waals surface area contributed by atoms with Crippen LogP contribution in [0.2, 0.25) is 5.02 Å². The predicted octanol–water partition coefficient (Wildman–Crippen LogP) is 2.09. The average molecular weight is 229 g/mol. The van der Waals surface area contributed by atoms with E-state index in [9.17, 15) is 4.79 Å². The van der Waals surface area contributed by atoms with Crippen LogP contribution in [0, 0.1) is 0 Å². The van der Waals surface area contributed by atoms with Gasteiger partial charge in [-0.25, -0.2) is 0 Å². The molecular weight excluding hydrogens is 220 g/mol. The van der Waals surface area contributed by atoms with Crippen molar-refractivity contribution in [2.45, 2.75) is 12.8 Å². The van der Waals surface area contributed by atoms with Gasteiger partial charge in [-0.3, -0.25) is 4.79 Å². The van der Waals surface area contributed by atoms with Crippen LogP contribution in [0.25, 0.3) is 0 Å². The summed E-state index contributed by atoms with van der Waals surface area (Å²) in [4.78, 5) is 10.5. The summed E-state index contributed by atoms with van der Waals surface area (Å²) in [6.45, 7) is 0.162. The van der Waals surface area contributed by atoms with E-state index in [1.807, 2.05) is 0 Å². The van der Waals surface area contributed by atoms with Crippen molar-refractivity contribution in [3.8, 4) is 11.5 Å². The molecule has 1 aromatic carbocycles. The fourth-order valence-corrected chi connectivity index (χ4v) is 1.71. The maximum atomic E-state index is 10.5. The molecule has 1 aliphatic heterocycles. The quantitative estimate of drug-likeness (QED) is 0.861. The van der Waals surface area contributed by atoms with Crippen LogP contribution < -0.4 is 9.47 Å². The first-order chi connectivity index (χ1) is 7.18. The van der Waals surface area contributed by atoms with E-state index in [4.69, 9.17) is 26.2 Å². The van der Waals surface area contributed by atoms with Gasteiger partial charge in [-0.05, 0) is 18.6 Å². The van der Waals surface area contributed by atoms with E-state index < -0.39 is 5.97 Å². The van der Waals surface area contributed by atoms with E-state index in [1.54, 1.807) is 12.1 Å². The Labute approximate surface area is 91.4 Å². The number of fused-ring (bicyclic) bond motifs is 1. The van der Waals surface area contributed by atoms with Crippen LogP contribution in [0.1, 0.15) is 12.0 Å². The van der Waals surface area contributed by atoms with Gasteiger partial charge in [0.15, 0.2) is 11.5 Å². The van der Waals surface area contributed by atoms with Crippen molar-refractivity contribution < 1.29 is 19.4 Å². The monoisotopic (exact) mass is 228 g/mol. The molecule has 0 saturated heterocycles. The number of hydrogen-bond acceptors (Lipinski definition) is 3. The molecule has 0 aliphatic carbocycles. The summed E-state index contributed by atoms with van der Waals surface area (Å²) in [6.07, 6.45) is 0.375. The normalized spacial score (nSPS) is 12.9. The first kappa shape index (κ1) is 10.1. The molecule has 1 aliphatic rings. The molecule has 0 saturated carbocycles. The molecule has 0 amide bonds. The average Bonchev–Trinajstić information content (AvgIpc) is 2.63. The highest BCUT2D eigenvalue weighted by Crippen LogP contribution is 2.39. The third-order valence-electron chi connectivity index (χ3n) is 2.17. The summed E-state index contributed by atoms with van der Waals surface area (Å²) in [5.74, 6) is 0.339. The highest BCUT2D eigenvalue weighted by Gasteiger charge is 2.20. The number of hydrogen-bond donors (Lipinski definition) is 1. The predicted molar refractivity (Wildman–Crippen MR) is 53.5 cm³/mol. The highest BCUT2D eigenvalue weighted by molar-refractivity contribution is 6.31. The van der Waals surface area contributed by atoms with Crippen LogP contribution in [0.4, 0.5) is 0 Å². The van der Waals surface area contributed by atoms with Gasteiger partial charge in [0, 0.05) is 17.0 Å². The van der Waals surface area contributed by atoms with E-state index in [0.717, 1.165) is 0 Å². The molecule has 1 heterocycles. The van der Waals surface area contributed by atoms with E-state index in [0.29, 0.717) is 28.5 Å². The fourth-order valence-electron chi connectivity index (χ4n) is 1.47. The summed E-state index contributed by atoms with van der Waals surface area (Å²) in [5, 5.41) is 9.11. The summed E-state index contributed by atoms with van der Waals surface area (Å²) in [5.41, 5.74) is 0.703. The molecule has 0 bridgehead atoms. The minimum Gasteiger partial charge on any atom is -0.481 e. The van der Waals surface area contributed by atoms with Crippen molar-refractivity contribution in [2.75, 3.05) is 6.79 Å². The van der Waals surface area contributed by atoms with E-state index in [1.165, 1.54) is 0 Å². The van der Waals surface area contributed by atoms with Crippen LogP contribution in [0.3, 0.4) is 0 Å². The third-order valence-corrected chi connectivity index (χ3v) is 2.53. The third kappa shape index (κ3) is 1.99. The zero-order valence-corrected chi connectivity index (χ0v) is 8.58. The number of carboxylic acids is 1. The molecule has 15 heavy (non-hydrogen) atoms. The lowest BCUT2D eigenvalue weighted by Crippen LogP contribution is -1.99. The van der Waals surface area contributed by atoms with Crippen molar-refractivity contribution in [3.63, 3.8) is 0 Å². The largest absolute Gasteiger partial charge is 0.481 e. The summed E-state index contributed by atoms with van der Waals surface area (Å²) >= 11 is 5.96. The first-order valence-electron chi connectivity index (χ1n) is 4.47. The molecule has 0 fully saturated rings. The molecule has 0 radical (unpaired) electrons. The fraction of sp³-hybridized carbons (Fsp3) is 0.300. The van der Waals surface area contributed by atoms with Crippen molar-refractivity contribution in [3.05, 3.63) is 22.7 Å². The maximum Gasteiger partial charge on any atom is 0.303 e. The van der Waals surface area contributed by atoms with Crippen molar-refractivity contribution in [1.82, 2.24) is 0 Å². The van der Waals surface area contributed by atoms with Gasteiger partial charge in [0.05, 0.1) is 0 Å². The second-order valence-corrected chi connectivity index (χ2v) is 3.56. The summed E-state index contributed by atoms with van der Waals surface area (Å²) in [7, 11) is 0. The number of ether oxygens (including phenoxy) is 2. The minimum atomic E-state index is -0.859. The van der Waals surface area contributed by atoms with Crippen LogP contribution >= 0.6 is 11.6 Å². The number of benzene rings is 1. The molecule has 5 heteroatoms. The Morgan fingerprint density at radius 2 is 2.27 bits per heavy atom. The van der Waals surface area contributed by atoms with Gasteiger partial charge in [-0.1, -0.05) is 11.6 Å². The second kappa shape index (κ2) is 3.98. The Balaban J connectivity index is 2.28. The lowest BCUT2D eigenvalue weighted by Gasteiger charge is -2.06. The molecule has 1 aromatic rings. The van der Waals surface area contributed by atoms with Crippen LogP contribution in [0.5, 0.6) is 11.5 Å². The van der Waals surface area contributed by atoms with E-state index >= 15 is 0 Å². The van der Waals surface area contributed by atoms with E-state index in [-0.39, 0.29) is 13.2 Å². The molecule has 0 atom stereocenters. The first-order valence-corrected chi connectivity index (χ1v) is 4.85. The van der Waals surface area contributed by atoms with Gasteiger partial charge in [-0.2, -0.15) is 0 Å². The van der Waals surface area contributed by atoms with Gasteiger partial charge < -0.3 is 14.6 Å². The lowest BCUT2D eigenvalue weighted by molar-refractivity contribution is -0.136. The lowest BCUT2D eigenvalue weighted by atomic mass is 10.1. The number of halogens is 1. The van der Waals surface area contributed by atoms with Crippen molar-refractivity contribution >= 4 is 17.6 Å². The number of carboxylic acid groups (broad SMARTS) is 1. The molecule has 80 valence electrons. The second-order valence-electron chi connectivity index (χ2n) is 3.15. The number of rotatable bonds is 3. The summed E-state index contributed by atoms with van der Waals surface area (Å²) in [6, 6.07) is 3.40. The molecule has 2 rings (SSSR count). The van der Waals surface area contributed by atoms with E-state index in [2.05, 4.69) is 0 Å². The minimum absolute atomic E-state index is 0.0273. The number of carbonyl (C=O) groups is 1. The zero-order chi connectivity index (χ0) is 10.8. The molecule has 0 unspecified atom stereocenters. The molecule has 0 aromatic heterocycles. The molecular formula is C10H9ClO4. The standard InChI is InChI=1S/C10H9ClO4/c11-7-2-3-8-10(15-5-14-8)6(7)1-4-9(12)13/h2-3H,1,4-5H2,(H,12,13). The SMILES string of the molecule is O=C(O)CCc1c(Cl)ccc2c1OCO2. The smallest absolute Gasteiger partial charge is 0.303 e. The Hall–Kier alpha value is -1.42. The topological polar surface area (TPSA) is 55.8 Å². The van der Waals surface area contributed by atoms with Crippen LogP contribution in [0.15, 0.2) is 12.1 Å². The molecule has 0 spiro atoms. The highest BCUT2D eigenvalue weighted by atomic mass is 35.5. The maximum absolute atomic E-state index is 10.5. The Morgan fingerprint density at radius 3 is 3.00 bits per heavy atom. The van der Waals surface area contributed by atoms with Crippen molar-refractivity contribution in [1.29, 1.82) is 0 Å². The van der Waals surface area contributed by atoms with Crippen molar-refractivity contribution in [2.24, 2.45) is 0 Å². The van der Waals surface area contributed by atoms with Gasteiger partial charge in [0.25, 0.3) is 0 Å². The van der Waals surface area contributed by atoms with Gasteiger partial charge in [0.1, 0.15) is 0 Å². The van der Waals surface area contributed by atoms with Gasteiger partial charge in [0.2, 0.25) is 6.79 Å². The van der Waals surface area contributed by atoms with Crippen LogP contribution in [-0.2, 0) is 11.2 Å². The van der Waals surface area contributed by atoms with Gasteiger partial charge >= 0.3 is 5.97 Å². The Morgan fingerprint density at radius 1 is 1.47 bits per heavy atom. The number of aliphatic carboxylic acids is 1. The zero-order valence-electron chi connectivity index (χ0n) is 7.83. The molecule has 4 nitrogen and oxygen atoms in total. The Kier molecular flexibility index (Phi) is 2.68. The van der Waals surface area contributed by atoms with Crippen LogP contribution in [-0.4, -0.2) is 17.9 Å². The molecule has 1 N–H and O–H groups in total. The Bertz CT molecular complexity index is 403.